The molecule has 0 saturated carbocycles. The second-order valence-corrected chi connectivity index (χ2v) is 8.64. The van der Waals surface area contributed by atoms with Crippen LogP contribution in [0.1, 0.15) is 22.5 Å². The normalized spacial score (nSPS) is 10.8. The van der Waals surface area contributed by atoms with Crippen LogP contribution in [0.2, 0.25) is 0 Å². The summed E-state index contributed by atoms with van der Waals surface area (Å²) >= 11 is 1.49. The summed E-state index contributed by atoms with van der Waals surface area (Å²) in [5.41, 5.74) is 7.05. The van der Waals surface area contributed by atoms with Gasteiger partial charge >= 0.3 is 6.03 Å². The Labute approximate surface area is 191 Å². The van der Waals surface area contributed by atoms with E-state index in [0.717, 1.165) is 50.2 Å². The zero-order valence-electron chi connectivity index (χ0n) is 18.4. The summed E-state index contributed by atoms with van der Waals surface area (Å²) in [5, 5.41) is 13.6. The number of H-pyrrole nitrogens is 1. The van der Waals surface area contributed by atoms with E-state index in [0.29, 0.717) is 5.16 Å². The summed E-state index contributed by atoms with van der Waals surface area (Å²) in [5.74, 6) is 0. The van der Waals surface area contributed by atoms with Crippen molar-refractivity contribution in [1.29, 1.82) is 0 Å². The summed E-state index contributed by atoms with van der Waals surface area (Å²) in [4.78, 5) is 22.6. The van der Waals surface area contributed by atoms with Crippen molar-refractivity contribution in [1.82, 2.24) is 20.2 Å². The highest BCUT2D eigenvalue weighted by Gasteiger charge is 2.11. The van der Waals surface area contributed by atoms with Crippen molar-refractivity contribution >= 4 is 29.2 Å². The summed E-state index contributed by atoms with van der Waals surface area (Å²) in [6.45, 7) is 7.87. The molecule has 0 aliphatic carbocycles. The van der Waals surface area contributed by atoms with Crippen LogP contribution in [0, 0.1) is 27.7 Å². The minimum atomic E-state index is -0.281. The average Bonchev–Trinajstić information content (AvgIpc) is 3.16. The summed E-state index contributed by atoms with van der Waals surface area (Å²) in [6.07, 6.45) is 0. The largest absolute Gasteiger partial charge is 0.323 e. The Bertz CT molecular complexity index is 1280. The van der Waals surface area contributed by atoms with Crippen LogP contribution in [0.3, 0.4) is 0 Å². The molecular formula is C24H24N6OS. The Balaban J connectivity index is 1.47. The number of aromatic nitrogens is 4. The van der Waals surface area contributed by atoms with Gasteiger partial charge in [-0.3, -0.25) is 5.10 Å². The Morgan fingerprint density at radius 2 is 1.66 bits per heavy atom. The Morgan fingerprint density at radius 1 is 0.875 bits per heavy atom. The van der Waals surface area contributed by atoms with E-state index >= 15 is 0 Å². The van der Waals surface area contributed by atoms with E-state index in [2.05, 4.69) is 30.8 Å². The fourth-order valence-electron chi connectivity index (χ4n) is 3.23. The number of nitrogens with one attached hydrogen (secondary N) is 3. The first kappa shape index (κ1) is 21.6. The number of aromatic amines is 1. The van der Waals surface area contributed by atoms with Crippen molar-refractivity contribution < 1.29 is 4.79 Å². The van der Waals surface area contributed by atoms with Crippen LogP contribution in [-0.4, -0.2) is 26.2 Å². The molecule has 0 spiro atoms. The van der Waals surface area contributed by atoms with Crippen LogP contribution in [0.25, 0.3) is 11.4 Å². The quantitative estimate of drug-likeness (QED) is 0.333. The zero-order chi connectivity index (χ0) is 22.7. The summed E-state index contributed by atoms with van der Waals surface area (Å²) in [6, 6.07) is 17.1. The maximum atomic E-state index is 12.3. The average molecular weight is 445 g/mol. The molecule has 0 saturated heterocycles. The first-order valence-corrected chi connectivity index (χ1v) is 11.0. The molecule has 0 bridgehead atoms. The smallest absolute Gasteiger partial charge is 0.308 e. The maximum Gasteiger partial charge on any atom is 0.323 e. The number of rotatable bonds is 5. The lowest BCUT2D eigenvalue weighted by Gasteiger charge is -2.11. The van der Waals surface area contributed by atoms with Crippen molar-refractivity contribution in [2.24, 2.45) is 0 Å². The van der Waals surface area contributed by atoms with E-state index in [9.17, 15) is 4.79 Å². The SMILES string of the molecule is Cc1cccc(NC(=O)Nc2ccc(Sc3nc(C)cc(-c4cc(C)n[nH]4)n3)c(C)c2)c1. The van der Waals surface area contributed by atoms with E-state index < -0.39 is 0 Å². The van der Waals surface area contributed by atoms with Gasteiger partial charge in [0, 0.05) is 22.0 Å². The molecule has 2 aromatic carbocycles. The van der Waals surface area contributed by atoms with Crippen LogP contribution >= 0.6 is 11.8 Å². The molecule has 2 aromatic heterocycles. The molecule has 7 nitrogen and oxygen atoms in total. The monoisotopic (exact) mass is 444 g/mol. The van der Waals surface area contributed by atoms with Crippen LogP contribution in [0.5, 0.6) is 0 Å². The number of benzene rings is 2. The predicted molar refractivity (Wildman–Crippen MR) is 128 cm³/mol. The van der Waals surface area contributed by atoms with Crippen molar-refractivity contribution in [2.45, 2.75) is 37.7 Å². The number of hydrogen-bond acceptors (Lipinski definition) is 5. The van der Waals surface area contributed by atoms with E-state index in [1.807, 2.05) is 82.3 Å². The third-order valence-electron chi connectivity index (χ3n) is 4.73. The van der Waals surface area contributed by atoms with E-state index in [4.69, 9.17) is 0 Å². The van der Waals surface area contributed by atoms with Gasteiger partial charge in [-0.2, -0.15) is 5.10 Å². The van der Waals surface area contributed by atoms with Crippen LogP contribution in [-0.2, 0) is 0 Å². The van der Waals surface area contributed by atoms with Gasteiger partial charge in [0.15, 0.2) is 5.16 Å². The fraction of sp³-hybridized carbons (Fsp3) is 0.167. The van der Waals surface area contributed by atoms with E-state index in [-0.39, 0.29) is 6.03 Å². The topological polar surface area (TPSA) is 95.6 Å². The van der Waals surface area contributed by atoms with Crippen LogP contribution < -0.4 is 10.6 Å². The highest BCUT2D eigenvalue weighted by molar-refractivity contribution is 7.99. The minimum absolute atomic E-state index is 0.281. The first-order valence-electron chi connectivity index (χ1n) is 10.2. The molecule has 3 N–H and O–H groups in total. The Hall–Kier alpha value is -3.65. The molecule has 2 heterocycles. The molecule has 4 aromatic rings. The third kappa shape index (κ3) is 5.33. The Kier molecular flexibility index (Phi) is 6.23. The molecule has 162 valence electrons. The number of carbonyl (C=O) groups excluding carboxylic acids is 1. The molecule has 0 aliphatic rings. The van der Waals surface area contributed by atoms with Crippen molar-refractivity contribution in [3.63, 3.8) is 0 Å². The molecule has 0 aliphatic heterocycles. The van der Waals surface area contributed by atoms with E-state index in [1.165, 1.54) is 11.8 Å². The van der Waals surface area contributed by atoms with Gasteiger partial charge in [-0.25, -0.2) is 14.8 Å². The molecule has 0 radical (unpaired) electrons. The molecule has 2 amide bonds. The number of nitrogens with zero attached hydrogens (tertiary/aromatic N) is 3. The molecule has 0 atom stereocenters. The predicted octanol–water partition coefficient (Wildman–Crippen LogP) is 5.90. The minimum Gasteiger partial charge on any atom is -0.308 e. The van der Waals surface area contributed by atoms with Gasteiger partial charge in [-0.15, -0.1) is 0 Å². The van der Waals surface area contributed by atoms with Gasteiger partial charge in [-0.05, 0) is 93.0 Å². The first-order chi connectivity index (χ1) is 15.4. The highest BCUT2D eigenvalue weighted by atomic mass is 32.2. The van der Waals surface area contributed by atoms with Gasteiger partial charge in [0.1, 0.15) is 0 Å². The van der Waals surface area contributed by atoms with Crippen molar-refractivity contribution in [2.75, 3.05) is 10.6 Å². The maximum absolute atomic E-state index is 12.3. The van der Waals surface area contributed by atoms with Crippen LogP contribution in [0.4, 0.5) is 16.2 Å². The van der Waals surface area contributed by atoms with Crippen molar-refractivity contribution in [3.8, 4) is 11.4 Å². The van der Waals surface area contributed by atoms with Gasteiger partial charge in [0.2, 0.25) is 0 Å². The van der Waals surface area contributed by atoms with Gasteiger partial charge in [0.05, 0.1) is 17.1 Å². The number of urea groups is 1. The number of hydrogen-bond donors (Lipinski definition) is 3. The van der Waals surface area contributed by atoms with Gasteiger partial charge in [0.25, 0.3) is 0 Å². The second-order valence-electron chi connectivity index (χ2n) is 7.63. The molecule has 8 heteroatoms. The lowest BCUT2D eigenvalue weighted by atomic mass is 10.2. The number of carbonyl (C=O) groups is 1. The number of aryl methyl sites for hydroxylation is 4. The fourth-order valence-corrected chi connectivity index (χ4v) is 4.12. The molecule has 4 rings (SSSR count). The van der Waals surface area contributed by atoms with E-state index in [1.54, 1.807) is 0 Å². The molecule has 0 unspecified atom stereocenters. The van der Waals surface area contributed by atoms with Gasteiger partial charge < -0.3 is 10.6 Å². The second kappa shape index (κ2) is 9.23. The third-order valence-corrected chi connectivity index (χ3v) is 5.77. The zero-order valence-corrected chi connectivity index (χ0v) is 19.2. The molecular weight excluding hydrogens is 420 g/mol. The highest BCUT2D eigenvalue weighted by Crippen LogP contribution is 2.31. The molecule has 32 heavy (non-hydrogen) atoms. The van der Waals surface area contributed by atoms with Crippen molar-refractivity contribution in [3.05, 3.63) is 77.1 Å². The molecule has 0 fully saturated rings. The van der Waals surface area contributed by atoms with Gasteiger partial charge in [-0.1, -0.05) is 12.1 Å². The Morgan fingerprint density at radius 3 is 2.34 bits per heavy atom. The standard InChI is InChI=1S/C24H24N6OS/c1-14-6-5-7-18(10-14)26-23(31)27-19-8-9-22(15(2)11-19)32-24-25-16(3)12-20(28-24)21-13-17(4)29-30-21/h5-13H,1-4H3,(H,29,30)(H2,26,27,31). The van der Waals surface area contributed by atoms with Crippen LogP contribution in [0.15, 0.2) is 64.6 Å². The summed E-state index contributed by atoms with van der Waals surface area (Å²) in [7, 11) is 0. The summed E-state index contributed by atoms with van der Waals surface area (Å²) < 4.78 is 0. The lowest BCUT2D eigenvalue weighted by molar-refractivity contribution is 0.262. The number of amides is 2. The number of anilines is 2. The lowest BCUT2D eigenvalue weighted by Crippen LogP contribution is -2.19.